The maximum Gasteiger partial charge on any atom is 0.317 e. The highest BCUT2D eigenvalue weighted by molar-refractivity contribution is 7.18. The monoisotopic (exact) mass is 633 g/mol. The average molecular weight is 634 g/mol. The Hall–Kier alpha value is -3.99. The highest BCUT2D eigenvalue weighted by Crippen LogP contribution is 2.41. The Morgan fingerprint density at radius 2 is 1.89 bits per heavy atom. The van der Waals surface area contributed by atoms with Crippen LogP contribution < -0.4 is 20.9 Å². The zero-order valence-corrected chi connectivity index (χ0v) is 26.4. The van der Waals surface area contributed by atoms with Gasteiger partial charge in [0.05, 0.1) is 34.2 Å². The predicted molar refractivity (Wildman–Crippen MR) is 173 cm³/mol. The molecule has 0 spiro atoms. The largest absolute Gasteiger partial charge is 0.382 e. The molecule has 2 aliphatic heterocycles. The van der Waals surface area contributed by atoms with Crippen LogP contribution in [-0.2, 0) is 0 Å². The number of anilines is 2. The lowest BCUT2D eigenvalue weighted by Crippen LogP contribution is -2.57. The van der Waals surface area contributed by atoms with E-state index in [1.165, 1.54) is 0 Å². The third-order valence-corrected chi connectivity index (χ3v) is 9.70. The summed E-state index contributed by atoms with van der Waals surface area (Å²) in [6, 6.07) is 10.4. The van der Waals surface area contributed by atoms with E-state index in [2.05, 4.69) is 56.1 Å². The Balaban J connectivity index is 0.00000343. The number of nitrogens with zero attached hydrogens (tertiary/aromatic N) is 8. The molecule has 2 bridgehead atoms. The molecule has 4 aromatic rings. The molecule has 2 amide bonds. The number of urea groups is 1. The zero-order valence-electron chi connectivity index (χ0n) is 24.7. The summed E-state index contributed by atoms with van der Waals surface area (Å²) in [7, 11) is 0. The number of hydrogen-bond acceptors (Lipinski definition) is 10. The number of rotatable bonds is 6. The molecule has 6 heterocycles. The molecule has 3 fully saturated rings. The fourth-order valence-electron chi connectivity index (χ4n) is 6.62. The second-order valence-electron chi connectivity index (χ2n) is 11.9. The number of halogens is 1. The van der Waals surface area contributed by atoms with E-state index in [0.717, 1.165) is 90.4 Å². The van der Waals surface area contributed by atoms with Gasteiger partial charge >= 0.3 is 6.03 Å². The van der Waals surface area contributed by atoms with Crippen LogP contribution in [0.4, 0.5) is 15.6 Å². The van der Waals surface area contributed by atoms with Crippen LogP contribution in [0.3, 0.4) is 0 Å². The molecule has 1 aliphatic carbocycles. The Labute approximate surface area is 266 Å². The Bertz CT molecular complexity index is 1680. The lowest BCUT2D eigenvalue weighted by atomic mass is 9.92. The third-order valence-electron chi connectivity index (χ3n) is 8.68. The maximum atomic E-state index is 12.9. The van der Waals surface area contributed by atoms with Gasteiger partial charge in [-0.15, -0.1) is 22.6 Å². The molecule has 0 aromatic carbocycles. The second kappa shape index (κ2) is 12.6. The first-order chi connectivity index (χ1) is 21.0. The van der Waals surface area contributed by atoms with E-state index in [1.54, 1.807) is 22.0 Å². The van der Waals surface area contributed by atoms with Crippen LogP contribution in [0, 0.1) is 23.2 Å². The summed E-state index contributed by atoms with van der Waals surface area (Å²) < 4.78 is 1.80. The van der Waals surface area contributed by atoms with Crippen LogP contribution in [0.25, 0.3) is 27.5 Å². The van der Waals surface area contributed by atoms with E-state index >= 15 is 0 Å². The molecule has 1 saturated carbocycles. The van der Waals surface area contributed by atoms with Crippen LogP contribution in [0.1, 0.15) is 32.3 Å². The van der Waals surface area contributed by atoms with Crippen molar-refractivity contribution in [3.63, 3.8) is 0 Å². The summed E-state index contributed by atoms with van der Waals surface area (Å²) in [6.45, 7) is 9.19. The number of nitriles is 1. The van der Waals surface area contributed by atoms with Gasteiger partial charge in [0, 0.05) is 63.2 Å². The molecule has 0 radical (unpaired) electrons. The Morgan fingerprint density at radius 1 is 1.11 bits per heavy atom. The highest BCUT2D eigenvalue weighted by atomic mass is 35.5. The number of nitrogens with one attached hydrogen (secondary N) is 3. The fourth-order valence-corrected chi connectivity index (χ4v) is 7.51. The van der Waals surface area contributed by atoms with E-state index in [1.807, 2.05) is 35.4 Å². The van der Waals surface area contributed by atoms with Crippen molar-refractivity contribution in [2.45, 2.75) is 38.8 Å². The molecule has 7 rings (SSSR count). The quantitative estimate of drug-likeness (QED) is 0.289. The number of aromatic nitrogens is 5. The summed E-state index contributed by atoms with van der Waals surface area (Å²) in [5.74, 6) is 0.818. The van der Waals surface area contributed by atoms with Gasteiger partial charge in [-0.2, -0.15) is 10.4 Å². The standard InChI is InChI=1S/C30H35N11OS.ClH/c1-18(2)35-24-12-25(26-6-5-22-11-19(13-31)14-34-41(22)26)33-15-23(24)28-37-38-30(43-28)40-16-20-3-4-21(17-40)27(20)36-29(42)39-9-7-32-8-10-39;/h5-6,11-12,14-15,18,20-21,27,32H,3-4,7-10,16-17H2,1-2H3,(H,33,35)(H,36,42);1H/t20-,21+,27?;. The average Bonchev–Trinajstić information content (AvgIpc) is 3.73. The van der Waals surface area contributed by atoms with Crippen molar-refractivity contribution in [2.24, 2.45) is 11.8 Å². The number of piperidine rings is 1. The number of carbonyl (C=O) groups is 1. The van der Waals surface area contributed by atoms with Gasteiger partial charge in [0.15, 0.2) is 5.01 Å². The van der Waals surface area contributed by atoms with Crippen molar-refractivity contribution in [2.75, 3.05) is 49.5 Å². The number of fused-ring (bicyclic) bond motifs is 3. The molecule has 44 heavy (non-hydrogen) atoms. The van der Waals surface area contributed by atoms with E-state index < -0.39 is 0 Å². The van der Waals surface area contributed by atoms with Gasteiger partial charge in [0.25, 0.3) is 0 Å². The Kier molecular flexibility index (Phi) is 8.57. The Morgan fingerprint density at radius 3 is 2.61 bits per heavy atom. The molecule has 3 N–H and O–H groups in total. The van der Waals surface area contributed by atoms with Crippen molar-refractivity contribution in [3.05, 3.63) is 42.2 Å². The summed E-state index contributed by atoms with van der Waals surface area (Å²) in [5, 5.41) is 34.9. The number of piperazine rings is 1. The number of amides is 2. The van der Waals surface area contributed by atoms with Crippen molar-refractivity contribution >= 4 is 46.1 Å². The second-order valence-corrected chi connectivity index (χ2v) is 12.9. The summed E-state index contributed by atoms with van der Waals surface area (Å²) in [5.41, 5.74) is 4.82. The summed E-state index contributed by atoms with van der Waals surface area (Å²) >= 11 is 1.59. The minimum absolute atomic E-state index is 0. The van der Waals surface area contributed by atoms with Gasteiger partial charge in [-0.3, -0.25) is 4.98 Å². The van der Waals surface area contributed by atoms with Crippen molar-refractivity contribution < 1.29 is 4.79 Å². The zero-order chi connectivity index (χ0) is 29.5. The van der Waals surface area contributed by atoms with Crippen LogP contribution in [0.5, 0.6) is 0 Å². The third kappa shape index (κ3) is 5.77. The van der Waals surface area contributed by atoms with Crippen molar-refractivity contribution in [3.8, 4) is 28.0 Å². The van der Waals surface area contributed by atoms with E-state index in [4.69, 9.17) is 4.98 Å². The normalized spacial score (nSPS) is 21.3. The minimum atomic E-state index is 0. The van der Waals surface area contributed by atoms with E-state index in [9.17, 15) is 10.1 Å². The lowest BCUT2D eigenvalue weighted by Gasteiger charge is -2.39. The fraction of sp³-hybridized carbons (Fsp3) is 0.467. The summed E-state index contributed by atoms with van der Waals surface area (Å²) in [6.07, 6.45) is 5.66. The lowest BCUT2D eigenvalue weighted by molar-refractivity contribution is 0.176. The van der Waals surface area contributed by atoms with Gasteiger partial charge in [-0.25, -0.2) is 9.31 Å². The van der Waals surface area contributed by atoms with Crippen LogP contribution in [0.2, 0.25) is 0 Å². The van der Waals surface area contributed by atoms with Crippen molar-refractivity contribution in [1.29, 1.82) is 5.26 Å². The van der Waals surface area contributed by atoms with Gasteiger partial charge in [-0.05, 0) is 62.8 Å². The maximum absolute atomic E-state index is 12.9. The summed E-state index contributed by atoms with van der Waals surface area (Å²) in [4.78, 5) is 22.0. The van der Waals surface area contributed by atoms with Gasteiger partial charge in [0.2, 0.25) is 5.13 Å². The molecule has 2 saturated heterocycles. The topological polar surface area (TPSA) is 139 Å². The first kappa shape index (κ1) is 30.1. The van der Waals surface area contributed by atoms with Gasteiger partial charge in [-0.1, -0.05) is 11.3 Å². The van der Waals surface area contributed by atoms with E-state index in [0.29, 0.717) is 17.4 Å². The SMILES string of the molecule is CC(C)Nc1cc(-c2ccc3cc(C#N)cnn23)ncc1-c1nnc(N2C[C@H]3CC[C@@H](C2)C3NC(=O)N2CCNCC2)s1.Cl. The van der Waals surface area contributed by atoms with Crippen LogP contribution in [-0.4, -0.2) is 87.1 Å². The first-order valence-electron chi connectivity index (χ1n) is 15.0. The van der Waals surface area contributed by atoms with Crippen molar-refractivity contribution in [1.82, 2.24) is 40.3 Å². The van der Waals surface area contributed by atoms with Gasteiger partial charge in [0.1, 0.15) is 6.07 Å². The molecule has 4 aromatic heterocycles. The van der Waals surface area contributed by atoms with Crippen LogP contribution in [0.15, 0.2) is 36.7 Å². The molecule has 3 aliphatic rings. The molecule has 1 unspecified atom stereocenters. The number of pyridine rings is 1. The van der Waals surface area contributed by atoms with Gasteiger partial charge < -0.3 is 25.8 Å². The molecule has 230 valence electrons. The van der Waals surface area contributed by atoms with Crippen LogP contribution >= 0.6 is 23.7 Å². The molecule has 12 nitrogen and oxygen atoms in total. The first-order valence-corrected chi connectivity index (χ1v) is 15.8. The molecule has 14 heteroatoms. The molecular weight excluding hydrogens is 598 g/mol. The number of carbonyl (C=O) groups excluding carboxylic acids is 1. The highest BCUT2D eigenvalue weighted by Gasteiger charge is 2.44. The van der Waals surface area contributed by atoms with E-state index in [-0.39, 0.29) is 30.5 Å². The molecular formula is C30H36ClN11OS. The predicted octanol–water partition coefficient (Wildman–Crippen LogP) is 3.86. The minimum Gasteiger partial charge on any atom is -0.382 e. The smallest absolute Gasteiger partial charge is 0.317 e. The number of hydrogen-bond donors (Lipinski definition) is 3. The molecule has 3 atom stereocenters.